The van der Waals surface area contributed by atoms with Crippen LogP contribution in [-0.4, -0.2) is 30.1 Å². The fraction of sp³-hybridized carbons (Fsp3) is 0.533. The zero-order chi connectivity index (χ0) is 13.7. The van der Waals surface area contributed by atoms with E-state index in [4.69, 9.17) is 0 Å². The molecular formula is C15H22N2O2. The summed E-state index contributed by atoms with van der Waals surface area (Å²) in [6.07, 6.45) is 4.69. The topological polar surface area (TPSA) is 61.4 Å². The third kappa shape index (κ3) is 3.96. The lowest BCUT2D eigenvalue weighted by Crippen LogP contribution is -2.37. The van der Waals surface area contributed by atoms with Crippen molar-refractivity contribution in [2.24, 2.45) is 0 Å². The first-order valence-corrected chi connectivity index (χ1v) is 6.98. The first-order chi connectivity index (χ1) is 9.16. The van der Waals surface area contributed by atoms with E-state index >= 15 is 0 Å². The van der Waals surface area contributed by atoms with Crippen molar-refractivity contribution in [1.82, 2.24) is 10.6 Å². The van der Waals surface area contributed by atoms with Crippen molar-refractivity contribution < 1.29 is 9.90 Å². The minimum absolute atomic E-state index is 0.119. The van der Waals surface area contributed by atoms with Crippen LogP contribution in [0, 0.1) is 6.92 Å². The third-order valence-electron chi connectivity index (χ3n) is 3.66. The zero-order valence-electron chi connectivity index (χ0n) is 11.4. The van der Waals surface area contributed by atoms with E-state index in [1.165, 1.54) is 25.3 Å². The molecule has 2 rings (SSSR count). The normalized spacial score (nSPS) is 19.1. The molecule has 0 aliphatic carbocycles. The Morgan fingerprint density at radius 1 is 1.47 bits per heavy atom. The van der Waals surface area contributed by atoms with Gasteiger partial charge in [-0.3, -0.25) is 4.79 Å². The van der Waals surface area contributed by atoms with Gasteiger partial charge in [-0.2, -0.15) is 0 Å². The van der Waals surface area contributed by atoms with Crippen LogP contribution in [0.15, 0.2) is 18.2 Å². The Balaban J connectivity index is 1.78. The molecule has 1 aromatic rings. The van der Waals surface area contributed by atoms with Crippen molar-refractivity contribution in [3.63, 3.8) is 0 Å². The summed E-state index contributed by atoms with van der Waals surface area (Å²) in [6.45, 7) is 3.57. The van der Waals surface area contributed by atoms with Crippen LogP contribution >= 0.6 is 0 Å². The van der Waals surface area contributed by atoms with Crippen molar-refractivity contribution >= 4 is 5.91 Å². The lowest BCUT2D eigenvalue weighted by molar-refractivity contribution is 0.0951. The number of amides is 1. The van der Waals surface area contributed by atoms with E-state index in [0.717, 1.165) is 18.5 Å². The molecular weight excluding hydrogens is 240 g/mol. The van der Waals surface area contributed by atoms with Crippen LogP contribution < -0.4 is 10.6 Å². The maximum atomic E-state index is 11.9. The number of aryl methyl sites for hydroxylation is 1. The van der Waals surface area contributed by atoms with E-state index in [1.807, 2.05) is 6.92 Å². The molecule has 1 aliphatic rings. The molecule has 1 fully saturated rings. The van der Waals surface area contributed by atoms with E-state index in [2.05, 4.69) is 10.6 Å². The molecule has 0 bridgehead atoms. The fourth-order valence-electron chi connectivity index (χ4n) is 2.38. The van der Waals surface area contributed by atoms with Gasteiger partial charge in [0.05, 0.1) is 0 Å². The third-order valence-corrected chi connectivity index (χ3v) is 3.66. The van der Waals surface area contributed by atoms with Crippen molar-refractivity contribution in [3.8, 4) is 5.75 Å². The minimum Gasteiger partial charge on any atom is -0.508 e. The van der Waals surface area contributed by atoms with Crippen molar-refractivity contribution in [3.05, 3.63) is 29.3 Å². The van der Waals surface area contributed by atoms with E-state index in [-0.39, 0.29) is 11.7 Å². The molecule has 4 nitrogen and oxygen atoms in total. The molecule has 3 N–H and O–H groups in total. The number of hydrogen-bond acceptors (Lipinski definition) is 3. The fourth-order valence-corrected chi connectivity index (χ4v) is 2.38. The average Bonchev–Trinajstić information content (AvgIpc) is 2.43. The van der Waals surface area contributed by atoms with Gasteiger partial charge in [0.15, 0.2) is 0 Å². The Bertz CT molecular complexity index is 440. The van der Waals surface area contributed by atoms with Gasteiger partial charge in [0, 0.05) is 18.2 Å². The van der Waals surface area contributed by atoms with E-state index in [1.54, 1.807) is 12.1 Å². The maximum Gasteiger partial charge on any atom is 0.251 e. The number of hydrogen-bond donors (Lipinski definition) is 3. The predicted molar refractivity (Wildman–Crippen MR) is 75.4 cm³/mol. The van der Waals surface area contributed by atoms with Gasteiger partial charge in [0.25, 0.3) is 5.91 Å². The predicted octanol–water partition coefficient (Wildman–Crippen LogP) is 1.96. The minimum atomic E-state index is -0.119. The smallest absolute Gasteiger partial charge is 0.251 e. The first kappa shape index (κ1) is 13.9. The van der Waals surface area contributed by atoms with Gasteiger partial charge in [-0.25, -0.2) is 0 Å². The van der Waals surface area contributed by atoms with Crippen LogP contribution in [0.5, 0.6) is 5.75 Å². The highest BCUT2D eigenvalue weighted by Gasteiger charge is 2.13. The summed E-state index contributed by atoms with van der Waals surface area (Å²) in [4.78, 5) is 11.9. The Morgan fingerprint density at radius 3 is 3.00 bits per heavy atom. The summed E-state index contributed by atoms with van der Waals surface area (Å²) in [6, 6.07) is 5.54. The van der Waals surface area contributed by atoms with Crippen molar-refractivity contribution in [2.75, 3.05) is 13.1 Å². The molecule has 1 aromatic carbocycles. The van der Waals surface area contributed by atoms with E-state index in [0.29, 0.717) is 18.2 Å². The molecule has 1 heterocycles. The molecule has 19 heavy (non-hydrogen) atoms. The summed E-state index contributed by atoms with van der Waals surface area (Å²) in [7, 11) is 0. The van der Waals surface area contributed by atoms with Crippen molar-refractivity contribution in [1.29, 1.82) is 0 Å². The van der Waals surface area contributed by atoms with Gasteiger partial charge in [-0.05, 0) is 50.4 Å². The van der Waals surface area contributed by atoms with Crippen molar-refractivity contribution in [2.45, 2.75) is 38.6 Å². The molecule has 0 saturated carbocycles. The highest BCUT2D eigenvalue weighted by molar-refractivity contribution is 5.94. The van der Waals surface area contributed by atoms with Crippen LogP contribution in [0.4, 0.5) is 0 Å². The summed E-state index contributed by atoms with van der Waals surface area (Å²) >= 11 is 0. The Morgan fingerprint density at radius 2 is 2.32 bits per heavy atom. The molecule has 1 atom stereocenters. The number of phenols is 1. The summed E-state index contributed by atoms with van der Waals surface area (Å²) in [5.41, 5.74) is 1.29. The number of aromatic hydroxyl groups is 1. The van der Waals surface area contributed by atoms with Gasteiger partial charge in [0.1, 0.15) is 5.75 Å². The largest absolute Gasteiger partial charge is 0.508 e. The van der Waals surface area contributed by atoms with Crippen LogP contribution in [-0.2, 0) is 0 Å². The molecule has 0 aromatic heterocycles. The van der Waals surface area contributed by atoms with Gasteiger partial charge in [-0.1, -0.05) is 12.5 Å². The quantitative estimate of drug-likeness (QED) is 0.777. The zero-order valence-corrected chi connectivity index (χ0v) is 11.4. The average molecular weight is 262 g/mol. The van der Waals surface area contributed by atoms with Gasteiger partial charge >= 0.3 is 0 Å². The first-order valence-electron chi connectivity index (χ1n) is 6.98. The van der Waals surface area contributed by atoms with Gasteiger partial charge in [0.2, 0.25) is 0 Å². The van der Waals surface area contributed by atoms with E-state index < -0.39 is 0 Å². The highest BCUT2D eigenvalue weighted by Crippen LogP contribution is 2.17. The molecule has 0 spiro atoms. The SMILES string of the molecule is Cc1ccc(C(=O)NCCC2CCCCN2)cc1O. The second-order valence-electron chi connectivity index (χ2n) is 5.19. The number of nitrogens with one attached hydrogen (secondary N) is 2. The molecule has 1 amide bonds. The van der Waals surface area contributed by atoms with Gasteiger partial charge < -0.3 is 15.7 Å². The summed E-state index contributed by atoms with van der Waals surface area (Å²) in [5, 5.41) is 15.9. The number of piperidine rings is 1. The monoisotopic (exact) mass is 262 g/mol. The number of rotatable bonds is 4. The number of benzene rings is 1. The Hall–Kier alpha value is -1.55. The number of carbonyl (C=O) groups excluding carboxylic acids is 1. The maximum absolute atomic E-state index is 11.9. The molecule has 1 saturated heterocycles. The Kier molecular flexibility index (Phi) is 4.80. The number of phenolic OH excluding ortho intramolecular Hbond substituents is 1. The molecule has 4 heteroatoms. The molecule has 1 aliphatic heterocycles. The Labute approximate surface area is 114 Å². The van der Waals surface area contributed by atoms with Crippen LogP contribution in [0.25, 0.3) is 0 Å². The number of carbonyl (C=O) groups is 1. The van der Waals surface area contributed by atoms with Gasteiger partial charge in [-0.15, -0.1) is 0 Å². The lowest BCUT2D eigenvalue weighted by Gasteiger charge is -2.23. The second kappa shape index (κ2) is 6.57. The second-order valence-corrected chi connectivity index (χ2v) is 5.19. The molecule has 1 unspecified atom stereocenters. The highest BCUT2D eigenvalue weighted by atomic mass is 16.3. The van der Waals surface area contributed by atoms with Crippen LogP contribution in [0.2, 0.25) is 0 Å². The standard InChI is InChI=1S/C15H22N2O2/c1-11-5-6-12(10-14(11)18)15(19)17-9-7-13-4-2-3-8-16-13/h5-6,10,13,16,18H,2-4,7-9H2,1H3,(H,17,19). The lowest BCUT2D eigenvalue weighted by atomic mass is 10.0. The summed E-state index contributed by atoms with van der Waals surface area (Å²) in [5.74, 6) is 0.0488. The van der Waals surface area contributed by atoms with Crippen LogP contribution in [0.1, 0.15) is 41.6 Å². The van der Waals surface area contributed by atoms with Crippen LogP contribution in [0.3, 0.4) is 0 Å². The molecule has 104 valence electrons. The summed E-state index contributed by atoms with van der Waals surface area (Å²) < 4.78 is 0. The molecule has 0 radical (unpaired) electrons. The van der Waals surface area contributed by atoms with E-state index in [9.17, 15) is 9.90 Å².